The second kappa shape index (κ2) is 4.03. The van der Waals surface area contributed by atoms with Crippen LogP contribution in [0.5, 0.6) is 0 Å². The minimum atomic E-state index is -0.468. The summed E-state index contributed by atoms with van der Waals surface area (Å²) in [6, 6.07) is 9.37. The van der Waals surface area contributed by atoms with Gasteiger partial charge in [-0.2, -0.15) is 0 Å². The molecule has 0 aliphatic carbocycles. The molecule has 0 amide bonds. The van der Waals surface area contributed by atoms with Crippen molar-refractivity contribution in [1.29, 1.82) is 0 Å². The van der Waals surface area contributed by atoms with Crippen LogP contribution in [0.15, 0.2) is 41.2 Å². The van der Waals surface area contributed by atoms with Gasteiger partial charge in [0.2, 0.25) is 0 Å². The van der Waals surface area contributed by atoms with E-state index in [9.17, 15) is 14.9 Å². The lowest BCUT2D eigenvalue weighted by Gasteiger charge is -2.01. The number of hydrogen-bond acceptors (Lipinski definition) is 5. The average Bonchev–Trinajstić information content (AvgIpc) is 2.39. The lowest BCUT2D eigenvalue weighted by atomic mass is 10.1. The summed E-state index contributed by atoms with van der Waals surface area (Å²) >= 11 is 1.35. The summed E-state index contributed by atoms with van der Waals surface area (Å²) in [5.74, 6) is 0. The van der Waals surface area contributed by atoms with E-state index < -0.39 is 4.92 Å². The summed E-state index contributed by atoms with van der Waals surface area (Å²) in [4.78, 5) is 22.6. The third-order valence-electron chi connectivity index (χ3n) is 2.89. The number of nitrogens with zero attached hydrogens (tertiary/aromatic N) is 1. The first-order valence-electron chi connectivity index (χ1n) is 5.47. The number of non-ortho nitro benzene ring substituents is 1. The minimum Gasteiger partial charge on any atom is -0.399 e. The summed E-state index contributed by atoms with van der Waals surface area (Å²) in [6.45, 7) is 0. The largest absolute Gasteiger partial charge is 0.399 e. The van der Waals surface area contributed by atoms with Crippen LogP contribution in [-0.4, -0.2) is 4.92 Å². The van der Waals surface area contributed by atoms with Crippen LogP contribution in [-0.2, 0) is 0 Å². The normalized spacial score (nSPS) is 10.9. The number of nitrogens with two attached hydrogens (primary N) is 1. The van der Waals surface area contributed by atoms with Crippen LogP contribution in [0.1, 0.15) is 0 Å². The van der Waals surface area contributed by atoms with E-state index in [0.717, 1.165) is 4.70 Å². The van der Waals surface area contributed by atoms with Crippen molar-refractivity contribution in [1.82, 2.24) is 0 Å². The molecule has 0 unspecified atom stereocenters. The maximum atomic E-state index is 12.3. The molecule has 0 saturated heterocycles. The van der Waals surface area contributed by atoms with Gasteiger partial charge in [0.15, 0.2) is 5.43 Å². The summed E-state index contributed by atoms with van der Waals surface area (Å²) in [6.07, 6.45) is 0. The van der Waals surface area contributed by atoms with Gasteiger partial charge in [0.25, 0.3) is 5.69 Å². The minimum absolute atomic E-state index is 0.0158. The van der Waals surface area contributed by atoms with Crippen LogP contribution in [0, 0.1) is 10.1 Å². The van der Waals surface area contributed by atoms with E-state index >= 15 is 0 Å². The smallest absolute Gasteiger partial charge is 0.270 e. The number of anilines is 1. The molecule has 1 aromatic heterocycles. The van der Waals surface area contributed by atoms with E-state index in [1.54, 1.807) is 18.2 Å². The van der Waals surface area contributed by atoms with E-state index in [1.807, 2.05) is 0 Å². The molecule has 0 fully saturated rings. The highest BCUT2D eigenvalue weighted by Crippen LogP contribution is 2.28. The topological polar surface area (TPSA) is 86.2 Å². The summed E-state index contributed by atoms with van der Waals surface area (Å²) in [7, 11) is 0. The highest BCUT2D eigenvalue weighted by molar-refractivity contribution is 7.24. The Kier molecular flexibility index (Phi) is 2.46. The highest BCUT2D eigenvalue weighted by atomic mass is 32.1. The molecule has 2 N–H and O–H groups in total. The van der Waals surface area contributed by atoms with Gasteiger partial charge in [-0.1, -0.05) is 0 Å². The molecule has 5 nitrogen and oxygen atoms in total. The van der Waals surface area contributed by atoms with Gasteiger partial charge in [-0.3, -0.25) is 14.9 Å². The van der Waals surface area contributed by atoms with E-state index in [1.165, 1.54) is 29.5 Å². The fourth-order valence-corrected chi connectivity index (χ4v) is 3.06. The molecule has 0 aliphatic heterocycles. The Labute approximate surface area is 111 Å². The van der Waals surface area contributed by atoms with Crippen LogP contribution < -0.4 is 11.2 Å². The molecule has 0 spiro atoms. The lowest BCUT2D eigenvalue weighted by molar-refractivity contribution is -0.384. The fourth-order valence-electron chi connectivity index (χ4n) is 1.97. The molecule has 6 heteroatoms. The summed E-state index contributed by atoms with van der Waals surface area (Å²) in [5.41, 5.74) is 6.04. The van der Waals surface area contributed by atoms with Crippen molar-refractivity contribution in [2.45, 2.75) is 0 Å². The van der Waals surface area contributed by atoms with Crippen molar-refractivity contribution >= 4 is 42.9 Å². The molecule has 0 radical (unpaired) electrons. The van der Waals surface area contributed by atoms with Crippen molar-refractivity contribution in [2.24, 2.45) is 0 Å². The van der Waals surface area contributed by atoms with Crippen molar-refractivity contribution in [3.05, 3.63) is 56.7 Å². The van der Waals surface area contributed by atoms with Gasteiger partial charge < -0.3 is 5.73 Å². The Bertz CT molecular complexity index is 886. The molecule has 0 aliphatic rings. The SMILES string of the molecule is Nc1ccc2sc3cc([N+](=O)[O-])ccc3c(=O)c2c1. The van der Waals surface area contributed by atoms with E-state index in [-0.39, 0.29) is 11.1 Å². The Morgan fingerprint density at radius 3 is 2.58 bits per heavy atom. The quantitative estimate of drug-likeness (QED) is 0.319. The summed E-state index contributed by atoms with van der Waals surface area (Å²) < 4.78 is 1.38. The predicted octanol–water partition coefficient (Wildman–Crippen LogP) is 2.91. The fraction of sp³-hybridized carbons (Fsp3) is 0. The summed E-state index contributed by atoms with van der Waals surface area (Å²) in [5, 5.41) is 11.8. The van der Waals surface area contributed by atoms with E-state index in [4.69, 9.17) is 5.73 Å². The number of nitrogen functional groups attached to an aromatic ring is 1. The van der Waals surface area contributed by atoms with Crippen LogP contribution in [0.25, 0.3) is 20.2 Å². The maximum absolute atomic E-state index is 12.3. The van der Waals surface area contributed by atoms with Crippen LogP contribution >= 0.6 is 11.3 Å². The van der Waals surface area contributed by atoms with Crippen molar-refractivity contribution in [3.63, 3.8) is 0 Å². The first-order valence-corrected chi connectivity index (χ1v) is 6.28. The third kappa shape index (κ3) is 1.82. The molecule has 2 aromatic carbocycles. The number of benzene rings is 2. The molecule has 1 heterocycles. The Hall–Kier alpha value is -2.47. The van der Waals surface area contributed by atoms with Gasteiger partial charge in [0.05, 0.1) is 4.92 Å². The highest BCUT2D eigenvalue weighted by Gasteiger charge is 2.11. The Morgan fingerprint density at radius 1 is 1.05 bits per heavy atom. The van der Waals surface area contributed by atoms with Crippen molar-refractivity contribution in [3.8, 4) is 0 Å². The van der Waals surface area contributed by atoms with Gasteiger partial charge in [-0.15, -0.1) is 11.3 Å². The molecular formula is C13H8N2O3S. The van der Waals surface area contributed by atoms with Crippen molar-refractivity contribution in [2.75, 3.05) is 5.73 Å². The van der Waals surface area contributed by atoms with Crippen LogP contribution in [0.4, 0.5) is 11.4 Å². The Balaban J connectivity index is 2.46. The van der Waals surface area contributed by atoms with Gasteiger partial charge >= 0.3 is 0 Å². The molecule has 0 saturated carbocycles. The first-order chi connectivity index (χ1) is 9.06. The number of fused-ring (bicyclic) bond motifs is 2. The zero-order valence-corrected chi connectivity index (χ0v) is 10.4. The second-order valence-electron chi connectivity index (χ2n) is 4.12. The zero-order valence-electron chi connectivity index (χ0n) is 9.62. The molecule has 0 bridgehead atoms. The average molecular weight is 272 g/mol. The van der Waals surface area contributed by atoms with E-state index in [2.05, 4.69) is 0 Å². The van der Waals surface area contributed by atoms with Gasteiger partial charge in [-0.25, -0.2) is 0 Å². The molecule has 0 atom stereocenters. The third-order valence-corrected chi connectivity index (χ3v) is 4.02. The van der Waals surface area contributed by atoms with Gasteiger partial charge in [0, 0.05) is 38.0 Å². The molecule has 19 heavy (non-hydrogen) atoms. The molecular weight excluding hydrogens is 264 g/mol. The second-order valence-corrected chi connectivity index (χ2v) is 5.21. The first kappa shape index (κ1) is 11.6. The predicted molar refractivity (Wildman–Crippen MR) is 76.7 cm³/mol. The van der Waals surface area contributed by atoms with Gasteiger partial charge in [0.1, 0.15) is 0 Å². The van der Waals surface area contributed by atoms with Crippen molar-refractivity contribution < 1.29 is 4.92 Å². The zero-order chi connectivity index (χ0) is 13.6. The number of rotatable bonds is 1. The number of hydrogen-bond donors (Lipinski definition) is 1. The standard InChI is InChI=1S/C13H8N2O3S/c14-7-1-4-11-10(5-7)13(16)9-3-2-8(15(17)18)6-12(9)19-11/h1-6H,14H2. The number of nitro groups is 1. The molecule has 3 rings (SSSR count). The van der Waals surface area contributed by atoms with Crippen LogP contribution in [0.2, 0.25) is 0 Å². The van der Waals surface area contributed by atoms with Crippen LogP contribution in [0.3, 0.4) is 0 Å². The lowest BCUT2D eigenvalue weighted by Crippen LogP contribution is -2.02. The van der Waals surface area contributed by atoms with Gasteiger partial charge in [-0.05, 0) is 24.3 Å². The monoisotopic (exact) mass is 272 g/mol. The number of nitro benzene ring substituents is 1. The molecule has 94 valence electrons. The maximum Gasteiger partial charge on any atom is 0.270 e. The molecule has 3 aromatic rings. The van der Waals surface area contributed by atoms with E-state index in [0.29, 0.717) is 21.2 Å². The Morgan fingerprint density at radius 2 is 1.84 bits per heavy atom.